The molecule has 0 bridgehead atoms. The van der Waals surface area contributed by atoms with Gasteiger partial charge in [0.05, 0.1) is 18.7 Å². The lowest BCUT2D eigenvalue weighted by Crippen LogP contribution is -2.58. The molecule has 0 spiro atoms. The zero-order valence-electron chi connectivity index (χ0n) is 28.4. The Balaban J connectivity index is 1.48. The predicted octanol–water partition coefficient (Wildman–Crippen LogP) is 6.01. The molecule has 0 radical (unpaired) electrons. The number of rotatable bonds is 8. The van der Waals surface area contributed by atoms with Crippen LogP contribution in [-0.4, -0.2) is 96.5 Å². The maximum Gasteiger partial charge on any atom is 0.328 e. The lowest BCUT2D eigenvalue weighted by atomic mass is 9.74. The molecule has 2 heterocycles. The Bertz CT molecular complexity index is 1370. The molecule has 47 heavy (non-hydrogen) atoms. The predicted molar refractivity (Wildman–Crippen MR) is 185 cm³/mol. The molecule has 2 atom stereocenters. The van der Waals surface area contributed by atoms with Gasteiger partial charge >= 0.3 is 12.0 Å². The fourth-order valence-electron chi connectivity index (χ4n) is 7.68. The number of ether oxygens (including phenoxy) is 1. The summed E-state index contributed by atoms with van der Waals surface area (Å²) in [6.45, 7) is 6.56. The Labute approximate surface area is 280 Å². The van der Waals surface area contributed by atoms with Crippen molar-refractivity contribution in [1.82, 2.24) is 19.6 Å². The zero-order chi connectivity index (χ0) is 33.4. The average Bonchev–Trinajstić information content (AvgIpc) is 3.51. The molecule has 0 aromatic heterocycles. The lowest BCUT2D eigenvalue weighted by molar-refractivity contribution is -0.147. The van der Waals surface area contributed by atoms with E-state index in [9.17, 15) is 14.4 Å². The van der Waals surface area contributed by atoms with E-state index >= 15 is 0 Å². The van der Waals surface area contributed by atoms with Crippen LogP contribution in [0.4, 0.5) is 4.79 Å². The minimum atomic E-state index is -0.676. The van der Waals surface area contributed by atoms with Gasteiger partial charge in [-0.3, -0.25) is 9.69 Å². The highest BCUT2D eigenvalue weighted by molar-refractivity contribution is 5.84. The largest absolute Gasteiger partial charge is 0.467 e. The number of carbonyl (C=O) groups is 3. The van der Waals surface area contributed by atoms with E-state index in [0.717, 1.165) is 48.9 Å². The standard InChI is InChI=1S/C39H50N4O4/c1-30(2)35(37(45)47-4)40(3)38(46)42-26-17-25-41(28-29-42)36(44)34-24-15-8-16-27-43(34)39(31-18-9-5-10-19-31,32-20-11-6-12-21-32)33-22-13-7-14-23-33/h5-7,9-14,18-23,30,34-35H,8,15-17,24-29H2,1-4H3/t34-,35+/m1/s1. The number of esters is 1. The van der Waals surface area contributed by atoms with Crippen molar-refractivity contribution in [2.24, 2.45) is 5.92 Å². The fourth-order valence-corrected chi connectivity index (χ4v) is 7.68. The second-order valence-corrected chi connectivity index (χ2v) is 13.1. The quantitative estimate of drug-likeness (QED) is 0.223. The third kappa shape index (κ3) is 7.08. The van der Waals surface area contributed by atoms with E-state index in [2.05, 4.69) is 77.7 Å². The number of likely N-dealkylation sites (N-methyl/N-ethyl adjacent to an activating group) is 1. The molecular formula is C39H50N4O4. The molecule has 250 valence electrons. The Morgan fingerprint density at radius 1 is 0.702 bits per heavy atom. The molecule has 5 rings (SSSR count). The molecule has 0 N–H and O–H groups in total. The molecule has 0 unspecified atom stereocenters. The molecule has 8 heteroatoms. The molecule has 0 aliphatic carbocycles. The van der Waals surface area contributed by atoms with Crippen molar-refractivity contribution < 1.29 is 19.1 Å². The molecule has 3 amide bonds. The Kier molecular flexibility index (Phi) is 11.4. The van der Waals surface area contributed by atoms with E-state index in [1.807, 2.05) is 36.9 Å². The second kappa shape index (κ2) is 15.6. The van der Waals surface area contributed by atoms with Crippen LogP contribution in [0.1, 0.15) is 62.6 Å². The number of carbonyl (C=O) groups excluding carboxylic acids is 3. The number of urea groups is 1. The van der Waals surface area contributed by atoms with E-state index < -0.39 is 17.6 Å². The molecule has 2 aliphatic rings. The normalized spacial score (nSPS) is 18.6. The molecule has 3 aromatic rings. The van der Waals surface area contributed by atoms with E-state index in [0.29, 0.717) is 32.6 Å². The van der Waals surface area contributed by atoms with Crippen LogP contribution < -0.4 is 0 Å². The molecule has 0 saturated carbocycles. The first kappa shape index (κ1) is 34.2. The maximum absolute atomic E-state index is 14.9. The van der Waals surface area contributed by atoms with E-state index in [1.165, 1.54) is 12.0 Å². The van der Waals surface area contributed by atoms with Crippen LogP contribution in [0.2, 0.25) is 0 Å². The van der Waals surface area contributed by atoms with Crippen LogP contribution in [-0.2, 0) is 19.9 Å². The average molecular weight is 639 g/mol. The van der Waals surface area contributed by atoms with Gasteiger partial charge in [-0.05, 0) is 41.9 Å². The first-order valence-corrected chi connectivity index (χ1v) is 17.1. The van der Waals surface area contributed by atoms with Crippen LogP contribution >= 0.6 is 0 Å². The zero-order valence-corrected chi connectivity index (χ0v) is 28.4. The Morgan fingerprint density at radius 2 is 1.21 bits per heavy atom. The number of amides is 3. The van der Waals surface area contributed by atoms with Crippen molar-refractivity contribution in [3.8, 4) is 0 Å². The van der Waals surface area contributed by atoms with Crippen molar-refractivity contribution in [2.45, 2.75) is 63.6 Å². The van der Waals surface area contributed by atoms with Crippen molar-refractivity contribution in [2.75, 3.05) is 46.9 Å². The summed E-state index contributed by atoms with van der Waals surface area (Å²) in [7, 11) is 3.02. The van der Waals surface area contributed by atoms with Gasteiger partial charge in [-0.25, -0.2) is 9.59 Å². The number of methoxy groups -OCH3 is 1. The van der Waals surface area contributed by atoms with Crippen molar-refractivity contribution in [3.05, 3.63) is 108 Å². The Morgan fingerprint density at radius 3 is 1.72 bits per heavy atom. The number of nitrogens with zero attached hydrogens (tertiary/aromatic N) is 4. The first-order valence-electron chi connectivity index (χ1n) is 17.1. The third-order valence-corrected chi connectivity index (χ3v) is 9.91. The monoisotopic (exact) mass is 638 g/mol. The summed E-state index contributed by atoms with van der Waals surface area (Å²) in [4.78, 5) is 48.7. The van der Waals surface area contributed by atoms with Crippen LogP contribution in [0.5, 0.6) is 0 Å². The molecule has 2 saturated heterocycles. The summed E-state index contributed by atoms with van der Waals surface area (Å²) in [5, 5.41) is 0. The third-order valence-electron chi connectivity index (χ3n) is 9.91. The highest BCUT2D eigenvalue weighted by Crippen LogP contribution is 2.45. The summed E-state index contributed by atoms with van der Waals surface area (Å²) in [6.07, 6.45) is 4.49. The number of hydrogen-bond acceptors (Lipinski definition) is 5. The summed E-state index contributed by atoms with van der Waals surface area (Å²) in [5.41, 5.74) is 2.74. The molecule has 8 nitrogen and oxygen atoms in total. The van der Waals surface area contributed by atoms with E-state index in [1.54, 1.807) is 11.9 Å². The van der Waals surface area contributed by atoms with Gasteiger partial charge in [-0.15, -0.1) is 0 Å². The van der Waals surface area contributed by atoms with E-state index in [4.69, 9.17) is 4.74 Å². The maximum atomic E-state index is 14.9. The van der Waals surface area contributed by atoms with Gasteiger partial charge in [0.25, 0.3) is 0 Å². The van der Waals surface area contributed by atoms with Gasteiger partial charge in [-0.1, -0.05) is 118 Å². The molecule has 2 aliphatic heterocycles. The molecule has 2 fully saturated rings. The van der Waals surface area contributed by atoms with Gasteiger partial charge in [0.2, 0.25) is 5.91 Å². The number of benzene rings is 3. The number of likely N-dealkylation sites (tertiary alicyclic amines) is 1. The summed E-state index contributed by atoms with van der Waals surface area (Å²) < 4.78 is 5.01. The van der Waals surface area contributed by atoms with Gasteiger partial charge < -0.3 is 19.4 Å². The lowest BCUT2D eigenvalue weighted by Gasteiger charge is -2.49. The first-order chi connectivity index (χ1) is 22.8. The minimum Gasteiger partial charge on any atom is -0.467 e. The molecular weight excluding hydrogens is 588 g/mol. The van der Waals surface area contributed by atoms with Gasteiger partial charge in [0.15, 0.2) is 0 Å². The van der Waals surface area contributed by atoms with Crippen LogP contribution in [0.15, 0.2) is 91.0 Å². The van der Waals surface area contributed by atoms with Crippen molar-refractivity contribution in [1.29, 1.82) is 0 Å². The fraction of sp³-hybridized carbons (Fsp3) is 0.462. The van der Waals surface area contributed by atoms with Gasteiger partial charge in [-0.2, -0.15) is 0 Å². The summed E-state index contributed by atoms with van der Waals surface area (Å²) >= 11 is 0. The van der Waals surface area contributed by atoms with Crippen LogP contribution in [0, 0.1) is 5.92 Å². The van der Waals surface area contributed by atoms with Gasteiger partial charge in [0.1, 0.15) is 6.04 Å². The molecule has 3 aromatic carbocycles. The summed E-state index contributed by atoms with van der Waals surface area (Å²) in [5.74, 6) is -0.396. The van der Waals surface area contributed by atoms with Crippen LogP contribution in [0.3, 0.4) is 0 Å². The number of hydrogen-bond donors (Lipinski definition) is 0. The SMILES string of the molecule is COC(=O)[C@H](C(C)C)N(C)C(=O)N1CCCN(C(=O)[C@H]2CCCCCN2C(c2ccccc2)(c2ccccc2)c2ccccc2)CC1. The highest BCUT2D eigenvalue weighted by Gasteiger charge is 2.48. The minimum absolute atomic E-state index is 0.0956. The smallest absolute Gasteiger partial charge is 0.328 e. The summed E-state index contributed by atoms with van der Waals surface area (Å²) in [6, 6.07) is 30.6. The Hall–Kier alpha value is -4.17. The topological polar surface area (TPSA) is 73.4 Å². The van der Waals surface area contributed by atoms with Crippen LogP contribution in [0.25, 0.3) is 0 Å². The second-order valence-electron chi connectivity index (χ2n) is 13.1. The van der Waals surface area contributed by atoms with Crippen molar-refractivity contribution >= 4 is 17.9 Å². The van der Waals surface area contributed by atoms with E-state index in [-0.39, 0.29) is 23.9 Å². The van der Waals surface area contributed by atoms with Gasteiger partial charge in [0, 0.05) is 39.8 Å². The van der Waals surface area contributed by atoms with Crippen molar-refractivity contribution in [3.63, 3.8) is 0 Å². The highest BCUT2D eigenvalue weighted by atomic mass is 16.5.